The summed E-state index contributed by atoms with van der Waals surface area (Å²) in [6.07, 6.45) is 0. The van der Waals surface area contributed by atoms with Crippen molar-refractivity contribution in [1.29, 1.82) is 0 Å². The van der Waals surface area contributed by atoms with E-state index in [1.807, 2.05) is 18.2 Å². The molecule has 2 rings (SSSR count). The maximum Gasteiger partial charge on any atom is 0.193 e. The highest BCUT2D eigenvalue weighted by Gasteiger charge is 2.11. The summed E-state index contributed by atoms with van der Waals surface area (Å²) < 4.78 is 6.14. The molecule has 0 atom stereocenters. The number of methoxy groups -OCH3 is 1. The molecule has 0 aliphatic heterocycles. The van der Waals surface area contributed by atoms with E-state index in [4.69, 9.17) is 16.3 Å². The van der Waals surface area contributed by atoms with Gasteiger partial charge in [-0.25, -0.2) is 0 Å². The number of rotatable bonds is 3. The minimum Gasteiger partial charge on any atom is -0.495 e. The Morgan fingerprint density at radius 2 is 1.89 bits per heavy atom. The van der Waals surface area contributed by atoms with Crippen LogP contribution in [0.1, 0.15) is 15.9 Å². The fourth-order valence-electron chi connectivity index (χ4n) is 1.60. The van der Waals surface area contributed by atoms with E-state index in [9.17, 15) is 4.79 Å². The van der Waals surface area contributed by atoms with Crippen molar-refractivity contribution in [2.24, 2.45) is 0 Å². The Morgan fingerprint density at radius 3 is 2.56 bits per heavy atom. The van der Waals surface area contributed by atoms with Crippen molar-refractivity contribution < 1.29 is 9.53 Å². The third-order valence-electron chi connectivity index (χ3n) is 2.50. The second kappa shape index (κ2) is 5.71. The van der Waals surface area contributed by atoms with Gasteiger partial charge in [-0.3, -0.25) is 4.79 Å². The van der Waals surface area contributed by atoms with Crippen LogP contribution in [-0.2, 0) is 0 Å². The Labute approximate surface area is 124 Å². The fraction of sp³-hybridized carbons (Fsp3) is 0.0714. The topological polar surface area (TPSA) is 26.3 Å². The van der Waals surface area contributed by atoms with E-state index in [1.54, 1.807) is 24.3 Å². The number of carbonyl (C=O) groups excluding carboxylic acids is 1. The van der Waals surface area contributed by atoms with E-state index in [2.05, 4.69) is 22.6 Å². The highest BCUT2D eigenvalue weighted by atomic mass is 127. The predicted molar refractivity (Wildman–Crippen MR) is 80.6 cm³/mol. The van der Waals surface area contributed by atoms with E-state index >= 15 is 0 Å². The molecule has 0 heterocycles. The van der Waals surface area contributed by atoms with Crippen LogP contribution in [-0.4, -0.2) is 12.9 Å². The third kappa shape index (κ3) is 2.84. The molecule has 0 unspecified atom stereocenters. The van der Waals surface area contributed by atoms with Crippen molar-refractivity contribution in [1.82, 2.24) is 0 Å². The van der Waals surface area contributed by atoms with Gasteiger partial charge in [-0.05, 0) is 52.9 Å². The molecule has 18 heavy (non-hydrogen) atoms. The zero-order valence-corrected chi connectivity index (χ0v) is 12.5. The first-order valence-electron chi connectivity index (χ1n) is 5.25. The Kier molecular flexibility index (Phi) is 4.24. The normalized spacial score (nSPS) is 10.2. The van der Waals surface area contributed by atoms with Crippen molar-refractivity contribution in [2.45, 2.75) is 0 Å². The summed E-state index contributed by atoms with van der Waals surface area (Å²) in [5, 5.41) is 0.497. The van der Waals surface area contributed by atoms with Crippen LogP contribution < -0.4 is 4.74 Å². The summed E-state index contributed by atoms with van der Waals surface area (Å²) in [5.41, 5.74) is 1.23. The summed E-state index contributed by atoms with van der Waals surface area (Å²) >= 11 is 8.11. The van der Waals surface area contributed by atoms with Crippen molar-refractivity contribution >= 4 is 40.0 Å². The lowest BCUT2D eigenvalue weighted by molar-refractivity contribution is 0.103. The average molecular weight is 373 g/mol. The molecule has 0 N–H and O–H groups in total. The second-order valence-corrected chi connectivity index (χ2v) is 5.34. The van der Waals surface area contributed by atoms with Gasteiger partial charge in [0.15, 0.2) is 5.78 Å². The van der Waals surface area contributed by atoms with E-state index < -0.39 is 0 Å². The standard InChI is InChI=1S/C14H10ClIO2/c1-18-13-8-10(5-6-12(13)15)14(17)9-3-2-4-11(16)7-9/h2-8H,1H3. The Hall–Kier alpha value is -1.07. The van der Waals surface area contributed by atoms with Crippen LogP contribution in [0, 0.1) is 3.57 Å². The van der Waals surface area contributed by atoms with Gasteiger partial charge >= 0.3 is 0 Å². The smallest absolute Gasteiger partial charge is 0.193 e. The second-order valence-electron chi connectivity index (χ2n) is 3.69. The van der Waals surface area contributed by atoms with Gasteiger partial charge in [0.1, 0.15) is 5.75 Å². The van der Waals surface area contributed by atoms with Crippen molar-refractivity contribution in [3.63, 3.8) is 0 Å². The average Bonchev–Trinajstić information content (AvgIpc) is 2.38. The molecule has 0 aliphatic rings. The maximum atomic E-state index is 12.3. The Balaban J connectivity index is 2.40. The first-order chi connectivity index (χ1) is 8.61. The molecule has 0 fully saturated rings. The van der Waals surface area contributed by atoms with Crippen LogP contribution >= 0.6 is 34.2 Å². The van der Waals surface area contributed by atoms with Gasteiger partial charge in [-0.1, -0.05) is 23.7 Å². The molecule has 2 nitrogen and oxygen atoms in total. The quantitative estimate of drug-likeness (QED) is 0.597. The SMILES string of the molecule is COc1cc(C(=O)c2cccc(I)c2)ccc1Cl. The lowest BCUT2D eigenvalue weighted by atomic mass is 10.0. The van der Waals surface area contributed by atoms with Gasteiger partial charge in [0.05, 0.1) is 12.1 Å². The molecular formula is C14H10ClIO2. The largest absolute Gasteiger partial charge is 0.495 e. The highest BCUT2D eigenvalue weighted by molar-refractivity contribution is 14.1. The number of carbonyl (C=O) groups is 1. The first-order valence-corrected chi connectivity index (χ1v) is 6.71. The maximum absolute atomic E-state index is 12.3. The lowest BCUT2D eigenvalue weighted by Crippen LogP contribution is -2.02. The van der Waals surface area contributed by atoms with E-state index in [1.165, 1.54) is 7.11 Å². The molecule has 2 aromatic rings. The summed E-state index contributed by atoms with van der Waals surface area (Å²) in [6.45, 7) is 0. The Morgan fingerprint density at radius 1 is 1.17 bits per heavy atom. The fourth-order valence-corrected chi connectivity index (χ4v) is 2.34. The Bertz CT molecular complexity index is 596. The van der Waals surface area contributed by atoms with Gasteiger partial charge in [0.25, 0.3) is 0 Å². The summed E-state index contributed by atoms with van der Waals surface area (Å²) in [6, 6.07) is 12.5. The summed E-state index contributed by atoms with van der Waals surface area (Å²) in [7, 11) is 1.53. The number of halogens is 2. The summed E-state index contributed by atoms with van der Waals surface area (Å²) in [5.74, 6) is 0.469. The van der Waals surface area contributed by atoms with Gasteiger partial charge in [-0.15, -0.1) is 0 Å². The molecule has 2 aromatic carbocycles. The number of hydrogen-bond donors (Lipinski definition) is 0. The van der Waals surface area contributed by atoms with Crippen LogP contribution in [0.3, 0.4) is 0 Å². The first kappa shape index (κ1) is 13.4. The monoisotopic (exact) mass is 372 g/mol. The predicted octanol–water partition coefficient (Wildman–Crippen LogP) is 4.18. The van der Waals surface area contributed by atoms with Crippen molar-refractivity contribution in [2.75, 3.05) is 7.11 Å². The van der Waals surface area contributed by atoms with Gasteiger partial charge in [-0.2, -0.15) is 0 Å². The van der Waals surface area contributed by atoms with Crippen molar-refractivity contribution in [3.8, 4) is 5.75 Å². The molecule has 0 aliphatic carbocycles. The van der Waals surface area contributed by atoms with E-state index in [0.717, 1.165) is 3.57 Å². The lowest BCUT2D eigenvalue weighted by Gasteiger charge is -2.06. The number of hydrogen-bond acceptors (Lipinski definition) is 2. The molecule has 0 saturated carbocycles. The van der Waals surface area contributed by atoms with Crippen LogP contribution in [0.5, 0.6) is 5.75 Å². The van der Waals surface area contributed by atoms with Crippen LogP contribution in [0.4, 0.5) is 0 Å². The highest BCUT2D eigenvalue weighted by Crippen LogP contribution is 2.26. The number of ketones is 1. The molecule has 92 valence electrons. The third-order valence-corrected chi connectivity index (χ3v) is 3.48. The molecule has 0 amide bonds. The zero-order valence-electron chi connectivity index (χ0n) is 9.61. The van der Waals surface area contributed by atoms with Crippen LogP contribution in [0.25, 0.3) is 0 Å². The van der Waals surface area contributed by atoms with Crippen molar-refractivity contribution in [3.05, 3.63) is 62.2 Å². The minimum atomic E-state index is -0.0384. The molecule has 0 saturated heterocycles. The zero-order chi connectivity index (χ0) is 13.1. The number of ether oxygens (including phenoxy) is 1. The molecule has 4 heteroatoms. The molecule has 0 spiro atoms. The number of benzene rings is 2. The molecular weight excluding hydrogens is 363 g/mol. The summed E-state index contributed by atoms with van der Waals surface area (Å²) in [4.78, 5) is 12.3. The molecule has 0 aromatic heterocycles. The van der Waals surface area contributed by atoms with Gasteiger partial charge in [0, 0.05) is 14.7 Å². The van der Waals surface area contributed by atoms with Gasteiger partial charge < -0.3 is 4.74 Å². The van der Waals surface area contributed by atoms with E-state index in [0.29, 0.717) is 21.9 Å². The minimum absolute atomic E-state index is 0.0384. The molecule has 0 bridgehead atoms. The van der Waals surface area contributed by atoms with Crippen LogP contribution in [0.2, 0.25) is 5.02 Å². The molecule has 0 radical (unpaired) electrons. The van der Waals surface area contributed by atoms with Gasteiger partial charge in [0.2, 0.25) is 0 Å². The van der Waals surface area contributed by atoms with E-state index in [-0.39, 0.29) is 5.78 Å². The van der Waals surface area contributed by atoms with Crippen LogP contribution in [0.15, 0.2) is 42.5 Å².